The Bertz CT molecular complexity index is 1330. The minimum Gasteiger partial charge on any atom is -0.377 e. The first-order valence-electron chi connectivity index (χ1n) is 13.7. The van der Waals surface area contributed by atoms with Gasteiger partial charge in [-0.1, -0.05) is 84.4 Å². The van der Waals surface area contributed by atoms with Gasteiger partial charge < -0.3 is 4.74 Å². The molecule has 1 saturated heterocycles. The van der Waals surface area contributed by atoms with Crippen LogP contribution >= 0.6 is 11.6 Å². The first-order chi connectivity index (χ1) is 19.4. The lowest BCUT2D eigenvalue weighted by Crippen LogP contribution is -2.37. The van der Waals surface area contributed by atoms with E-state index in [2.05, 4.69) is 29.2 Å². The molecule has 0 bridgehead atoms. The second-order valence-corrected chi connectivity index (χ2v) is 13.0. The molecule has 41 heavy (non-hydrogen) atoms. The third kappa shape index (κ3) is 8.55. The maximum Gasteiger partial charge on any atom is 0.417 e. The van der Waals surface area contributed by atoms with E-state index in [4.69, 9.17) is 16.3 Å². The van der Waals surface area contributed by atoms with Crippen molar-refractivity contribution in [1.82, 2.24) is 9.21 Å². The van der Waals surface area contributed by atoms with Crippen molar-refractivity contribution in [1.29, 1.82) is 0 Å². The molecular weight excluding hydrogens is 573 g/mol. The monoisotopic (exact) mass is 608 g/mol. The molecule has 0 spiro atoms. The van der Waals surface area contributed by atoms with Crippen LogP contribution in [0.4, 0.5) is 13.2 Å². The molecule has 0 aliphatic carbocycles. The van der Waals surface area contributed by atoms with Gasteiger partial charge in [-0.15, -0.1) is 0 Å². The number of hydrogen-bond acceptors (Lipinski definition) is 4. The fourth-order valence-electron chi connectivity index (χ4n) is 5.27. The number of rotatable bonds is 12. The highest BCUT2D eigenvalue weighted by molar-refractivity contribution is 7.88. The third-order valence-corrected chi connectivity index (χ3v) is 9.38. The molecule has 0 aromatic heterocycles. The number of sulfonamides is 1. The van der Waals surface area contributed by atoms with Gasteiger partial charge in [-0.3, -0.25) is 4.90 Å². The average molecular weight is 609 g/mol. The molecule has 0 amide bonds. The van der Waals surface area contributed by atoms with Crippen LogP contribution in [0.2, 0.25) is 5.02 Å². The number of ether oxygens (including phenoxy) is 1. The van der Waals surface area contributed by atoms with Gasteiger partial charge in [0.1, 0.15) is 0 Å². The Morgan fingerprint density at radius 2 is 1.61 bits per heavy atom. The molecule has 0 radical (unpaired) electrons. The van der Waals surface area contributed by atoms with E-state index < -0.39 is 21.8 Å². The fourth-order valence-corrected chi connectivity index (χ4v) is 6.44. The second-order valence-electron chi connectivity index (χ2n) is 10.6. The molecule has 1 heterocycles. The molecule has 0 N–H and O–H groups in total. The standard InChI is InChI=1S/C31H36ClF3N2O3S/c1-23(17-19-40-27-16-18-37(21-27)41(2,38)39)36(20-26-14-9-15-29(30(26)32)31(33,34)35)22-28(24-10-5-3-6-11-24)25-12-7-4-8-13-25/h3-15,23,27-28H,16-22H2,1-2H3/t23-,27-/m1/s1. The number of benzene rings is 3. The molecular formula is C31H36ClF3N2O3S. The number of halogens is 4. The molecule has 1 fully saturated rings. The Hall–Kier alpha value is -2.43. The van der Waals surface area contributed by atoms with Crippen LogP contribution in [0.3, 0.4) is 0 Å². The molecule has 0 unspecified atom stereocenters. The summed E-state index contributed by atoms with van der Waals surface area (Å²) in [4.78, 5) is 2.16. The van der Waals surface area contributed by atoms with Crippen LogP contribution in [-0.4, -0.2) is 62.3 Å². The van der Waals surface area contributed by atoms with Gasteiger partial charge in [0.15, 0.2) is 0 Å². The minimum absolute atomic E-state index is 0.0245. The summed E-state index contributed by atoms with van der Waals surface area (Å²) in [7, 11) is -3.26. The lowest BCUT2D eigenvalue weighted by atomic mass is 9.90. The largest absolute Gasteiger partial charge is 0.417 e. The Morgan fingerprint density at radius 3 is 2.15 bits per heavy atom. The third-order valence-electron chi connectivity index (χ3n) is 7.67. The summed E-state index contributed by atoms with van der Waals surface area (Å²) in [5, 5.41) is -0.281. The number of alkyl halides is 3. The number of hydrogen-bond donors (Lipinski definition) is 0. The van der Waals surface area contributed by atoms with Gasteiger partial charge in [0.05, 0.1) is 22.9 Å². The van der Waals surface area contributed by atoms with Crippen molar-refractivity contribution in [2.75, 3.05) is 32.5 Å². The Morgan fingerprint density at radius 1 is 1.00 bits per heavy atom. The van der Waals surface area contributed by atoms with Crippen LogP contribution in [0.15, 0.2) is 78.9 Å². The fraction of sp³-hybridized carbons (Fsp3) is 0.419. The molecule has 10 heteroatoms. The summed E-state index contributed by atoms with van der Waals surface area (Å²) < 4.78 is 72.1. The van der Waals surface area contributed by atoms with Crippen molar-refractivity contribution in [2.24, 2.45) is 0 Å². The highest BCUT2D eigenvalue weighted by Gasteiger charge is 2.34. The van der Waals surface area contributed by atoms with Crippen molar-refractivity contribution < 1.29 is 26.3 Å². The molecule has 3 aromatic carbocycles. The Balaban J connectivity index is 1.56. The van der Waals surface area contributed by atoms with Crippen molar-refractivity contribution >= 4 is 21.6 Å². The van der Waals surface area contributed by atoms with Gasteiger partial charge >= 0.3 is 6.18 Å². The maximum atomic E-state index is 13.6. The molecule has 3 aromatic rings. The van der Waals surface area contributed by atoms with Gasteiger partial charge in [0.25, 0.3) is 0 Å². The van der Waals surface area contributed by atoms with Crippen LogP contribution < -0.4 is 0 Å². The number of nitrogens with zero attached hydrogens (tertiary/aromatic N) is 2. The lowest BCUT2D eigenvalue weighted by Gasteiger charge is -2.34. The van der Waals surface area contributed by atoms with Gasteiger partial charge in [-0.25, -0.2) is 8.42 Å². The van der Waals surface area contributed by atoms with E-state index >= 15 is 0 Å². The molecule has 0 saturated carbocycles. The molecule has 2 atom stereocenters. The zero-order chi connectivity index (χ0) is 29.6. The summed E-state index contributed by atoms with van der Waals surface area (Å²) in [5.41, 5.74) is 1.78. The van der Waals surface area contributed by atoms with E-state index in [0.717, 1.165) is 17.2 Å². The van der Waals surface area contributed by atoms with Crippen LogP contribution in [0.25, 0.3) is 0 Å². The minimum atomic E-state index is -4.55. The van der Waals surface area contributed by atoms with E-state index in [9.17, 15) is 21.6 Å². The molecule has 1 aliphatic rings. The van der Waals surface area contributed by atoms with Crippen LogP contribution in [0.1, 0.15) is 47.9 Å². The van der Waals surface area contributed by atoms with Crippen molar-refractivity contribution in [2.45, 2.75) is 50.6 Å². The zero-order valence-electron chi connectivity index (χ0n) is 23.2. The molecule has 1 aliphatic heterocycles. The quantitative estimate of drug-likeness (QED) is 0.226. The highest BCUT2D eigenvalue weighted by atomic mass is 35.5. The van der Waals surface area contributed by atoms with Crippen molar-refractivity contribution in [3.8, 4) is 0 Å². The predicted octanol–water partition coefficient (Wildman–Crippen LogP) is 6.82. The molecule has 5 nitrogen and oxygen atoms in total. The van der Waals surface area contributed by atoms with Crippen molar-refractivity contribution in [3.63, 3.8) is 0 Å². The Kier molecular flexibility index (Phi) is 10.5. The molecule has 4 rings (SSSR count). The smallest absolute Gasteiger partial charge is 0.377 e. The zero-order valence-corrected chi connectivity index (χ0v) is 24.8. The molecule has 222 valence electrons. The van der Waals surface area contributed by atoms with Crippen LogP contribution in [0, 0.1) is 0 Å². The van der Waals surface area contributed by atoms with E-state index in [1.807, 2.05) is 43.3 Å². The lowest BCUT2D eigenvalue weighted by molar-refractivity contribution is -0.137. The summed E-state index contributed by atoms with van der Waals surface area (Å²) in [6.07, 6.45) is -2.28. The van der Waals surface area contributed by atoms with Crippen LogP contribution in [0.5, 0.6) is 0 Å². The van der Waals surface area contributed by atoms with Gasteiger partial charge in [-0.05, 0) is 42.5 Å². The van der Waals surface area contributed by atoms with Gasteiger partial charge in [0, 0.05) is 44.7 Å². The normalized spacial score (nSPS) is 17.4. The van der Waals surface area contributed by atoms with Gasteiger partial charge in [-0.2, -0.15) is 17.5 Å². The highest BCUT2D eigenvalue weighted by Crippen LogP contribution is 2.37. The summed E-state index contributed by atoms with van der Waals surface area (Å²) >= 11 is 6.33. The first kappa shape index (κ1) is 31.5. The predicted molar refractivity (Wildman–Crippen MR) is 156 cm³/mol. The first-order valence-corrected chi connectivity index (χ1v) is 15.9. The maximum absolute atomic E-state index is 13.6. The Labute approximate surface area is 245 Å². The SMILES string of the molecule is C[C@H](CCO[C@@H]1CCN(S(C)(=O)=O)C1)N(Cc1cccc(C(F)(F)F)c1Cl)CC(c1ccccc1)c1ccccc1. The average Bonchev–Trinajstić information content (AvgIpc) is 3.42. The van der Waals surface area contributed by atoms with E-state index in [-0.39, 0.29) is 29.6 Å². The second kappa shape index (κ2) is 13.7. The van der Waals surface area contributed by atoms with Crippen LogP contribution in [-0.2, 0) is 27.5 Å². The van der Waals surface area contributed by atoms with E-state index in [0.29, 0.717) is 44.6 Å². The summed E-state index contributed by atoms with van der Waals surface area (Å²) in [5.74, 6) is -0.0245. The summed E-state index contributed by atoms with van der Waals surface area (Å²) in [6.45, 7) is 3.99. The topological polar surface area (TPSA) is 49.9 Å². The van der Waals surface area contributed by atoms with Gasteiger partial charge in [0.2, 0.25) is 10.0 Å². The van der Waals surface area contributed by atoms with E-state index in [1.165, 1.54) is 16.6 Å². The van der Waals surface area contributed by atoms with E-state index in [1.54, 1.807) is 6.07 Å². The van der Waals surface area contributed by atoms with Crippen molar-refractivity contribution in [3.05, 3.63) is 106 Å². The summed E-state index contributed by atoms with van der Waals surface area (Å²) in [6, 6.07) is 24.1.